The first-order valence-corrected chi connectivity index (χ1v) is 9.08. The zero-order valence-electron chi connectivity index (χ0n) is 15.5. The van der Waals surface area contributed by atoms with Gasteiger partial charge in [-0.25, -0.2) is 0 Å². The molecule has 0 saturated carbocycles. The highest BCUT2D eigenvalue weighted by Gasteiger charge is 2.42. The monoisotopic (exact) mass is 395 g/mol. The first-order valence-electron chi connectivity index (χ1n) is 9.08. The van der Waals surface area contributed by atoms with Gasteiger partial charge in [-0.2, -0.15) is 0 Å². The summed E-state index contributed by atoms with van der Waals surface area (Å²) in [5.74, 6) is 0.129. The molecule has 2 aliphatic rings. The van der Waals surface area contributed by atoms with Crippen LogP contribution in [0, 0.1) is 6.92 Å². The summed E-state index contributed by atoms with van der Waals surface area (Å²) in [5.41, 5.74) is 0.195. The van der Waals surface area contributed by atoms with E-state index in [2.05, 4.69) is 10.6 Å². The van der Waals surface area contributed by atoms with E-state index in [1.807, 2.05) is 31.2 Å². The Hall–Kier alpha value is -2.12. The van der Waals surface area contributed by atoms with Crippen molar-refractivity contribution in [1.82, 2.24) is 15.5 Å². The van der Waals surface area contributed by atoms with Gasteiger partial charge in [0.15, 0.2) is 5.60 Å². The van der Waals surface area contributed by atoms with Gasteiger partial charge < -0.3 is 15.4 Å². The van der Waals surface area contributed by atoms with Crippen LogP contribution in [0.25, 0.3) is 0 Å². The Morgan fingerprint density at radius 2 is 1.74 bits per heavy atom. The van der Waals surface area contributed by atoms with Gasteiger partial charge in [0.05, 0.1) is 0 Å². The molecular formula is C19H26ClN3O4. The summed E-state index contributed by atoms with van der Waals surface area (Å²) in [6, 6.07) is 7.64. The standard InChI is InChI=1S/C19H25N3O4.ClH/c1-14-2-4-15(5-3-14)26-19(8-10-20-11-9-19)18(25)21-12-13-22-16(23)6-7-17(22)24;/h2-5,20H,6-13H2,1H3,(H,21,25);1H. The Morgan fingerprint density at radius 3 is 2.33 bits per heavy atom. The van der Waals surface area contributed by atoms with Gasteiger partial charge >= 0.3 is 0 Å². The number of nitrogens with zero attached hydrogens (tertiary/aromatic N) is 1. The van der Waals surface area contributed by atoms with Crippen LogP contribution in [0.4, 0.5) is 0 Å². The maximum absolute atomic E-state index is 12.9. The Kier molecular flexibility index (Phi) is 7.21. The maximum atomic E-state index is 12.9. The van der Waals surface area contributed by atoms with E-state index in [9.17, 15) is 14.4 Å². The van der Waals surface area contributed by atoms with Crippen LogP contribution in [0.5, 0.6) is 5.75 Å². The third-order valence-electron chi connectivity index (χ3n) is 4.94. The molecule has 148 valence electrons. The molecule has 0 bridgehead atoms. The summed E-state index contributed by atoms with van der Waals surface area (Å²) in [6.07, 6.45) is 1.65. The van der Waals surface area contributed by atoms with Gasteiger partial charge in [-0.05, 0) is 32.1 Å². The van der Waals surface area contributed by atoms with E-state index in [0.717, 1.165) is 5.56 Å². The number of amides is 3. The third-order valence-corrected chi connectivity index (χ3v) is 4.94. The van der Waals surface area contributed by atoms with Crippen LogP contribution in [0.3, 0.4) is 0 Å². The number of ether oxygens (including phenoxy) is 1. The minimum atomic E-state index is -0.931. The van der Waals surface area contributed by atoms with Crippen molar-refractivity contribution in [3.63, 3.8) is 0 Å². The second-order valence-electron chi connectivity index (χ2n) is 6.85. The SMILES string of the molecule is Cc1ccc(OC2(C(=O)NCCN3C(=O)CCC3=O)CCNCC2)cc1.Cl. The molecule has 3 amide bonds. The summed E-state index contributed by atoms with van der Waals surface area (Å²) in [4.78, 5) is 37.4. The Morgan fingerprint density at radius 1 is 1.15 bits per heavy atom. The van der Waals surface area contributed by atoms with Gasteiger partial charge in [-0.15, -0.1) is 12.4 Å². The zero-order chi connectivity index (χ0) is 18.6. The minimum Gasteiger partial charge on any atom is -0.477 e. The number of nitrogens with one attached hydrogen (secondary N) is 2. The number of hydrogen-bond acceptors (Lipinski definition) is 5. The summed E-state index contributed by atoms with van der Waals surface area (Å²) < 4.78 is 6.12. The second kappa shape index (κ2) is 9.19. The molecule has 1 aromatic carbocycles. The first kappa shape index (κ1) is 21.2. The molecule has 0 aromatic heterocycles. The van der Waals surface area contributed by atoms with Crippen LogP contribution < -0.4 is 15.4 Å². The van der Waals surface area contributed by atoms with E-state index in [0.29, 0.717) is 31.7 Å². The van der Waals surface area contributed by atoms with E-state index in [1.165, 1.54) is 4.90 Å². The van der Waals surface area contributed by atoms with Gasteiger partial charge in [0.25, 0.3) is 5.91 Å². The molecule has 27 heavy (non-hydrogen) atoms. The number of benzene rings is 1. The van der Waals surface area contributed by atoms with E-state index in [4.69, 9.17) is 4.74 Å². The van der Waals surface area contributed by atoms with Crippen LogP contribution in [-0.2, 0) is 14.4 Å². The molecule has 0 radical (unpaired) electrons. The molecule has 2 saturated heterocycles. The molecule has 3 rings (SSSR count). The molecule has 2 heterocycles. The Bertz CT molecular complexity index is 671. The second-order valence-corrected chi connectivity index (χ2v) is 6.85. The highest BCUT2D eigenvalue weighted by atomic mass is 35.5. The average molecular weight is 396 g/mol. The topological polar surface area (TPSA) is 87.7 Å². The first-order chi connectivity index (χ1) is 12.5. The molecular weight excluding hydrogens is 370 g/mol. The zero-order valence-corrected chi connectivity index (χ0v) is 16.3. The molecule has 0 atom stereocenters. The molecule has 7 nitrogen and oxygen atoms in total. The van der Waals surface area contributed by atoms with Crippen molar-refractivity contribution in [3.8, 4) is 5.75 Å². The van der Waals surface area contributed by atoms with E-state index >= 15 is 0 Å². The molecule has 8 heteroatoms. The number of carbonyl (C=O) groups is 3. The average Bonchev–Trinajstić information content (AvgIpc) is 2.96. The van der Waals surface area contributed by atoms with Gasteiger partial charge in [-0.3, -0.25) is 19.3 Å². The van der Waals surface area contributed by atoms with E-state index in [1.54, 1.807) is 0 Å². The lowest BCUT2D eigenvalue weighted by Gasteiger charge is -2.36. The number of imide groups is 1. The van der Waals surface area contributed by atoms with Crippen molar-refractivity contribution in [2.75, 3.05) is 26.2 Å². The fourth-order valence-corrected chi connectivity index (χ4v) is 3.35. The largest absolute Gasteiger partial charge is 0.477 e. The van der Waals surface area contributed by atoms with Crippen LogP contribution in [-0.4, -0.2) is 54.4 Å². The molecule has 0 unspecified atom stereocenters. The Balaban J connectivity index is 0.00000261. The fraction of sp³-hybridized carbons (Fsp3) is 0.526. The van der Waals surface area contributed by atoms with Crippen LogP contribution in [0.2, 0.25) is 0 Å². The quantitative estimate of drug-likeness (QED) is 0.706. The molecule has 2 N–H and O–H groups in total. The minimum absolute atomic E-state index is 0. The summed E-state index contributed by atoms with van der Waals surface area (Å²) in [7, 11) is 0. The van der Waals surface area contributed by atoms with Crippen molar-refractivity contribution in [1.29, 1.82) is 0 Å². The number of likely N-dealkylation sites (tertiary alicyclic amines) is 1. The Labute approximate surface area is 165 Å². The number of carbonyl (C=O) groups excluding carboxylic acids is 3. The van der Waals surface area contributed by atoms with Crippen molar-refractivity contribution < 1.29 is 19.1 Å². The number of hydrogen-bond donors (Lipinski definition) is 2. The number of piperidine rings is 1. The van der Waals surface area contributed by atoms with Crippen LogP contribution in [0.15, 0.2) is 24.3 Å². The summed E-state index contributed by atoms with van der Waals surface area (Å²) >= 11 is 0. The van der Waals surface area contributed by atoms with E-state index < -0.39 is 5.60 Å². The lowest BCUT2D eigenvalue weighted by atomic mass is 9.91. The molecule has 2 fully saturated rings. The third kappa shape index (κ3) is 4.99. The van der Waals surface area contributed by atoms with Crippen molar-refractivity contribution in [3.05, 3.63) is 29.8 Å². The van der Waals surface area contributed by atoms with Gasteiger partial charge in [-0.1, -0.05) is 17.7 Å². The van der Waals surface area contributed by atoms with E-state index in [-0.39, 0.29) is 56.1 Å². The van der Waals surface area contributed by atoms with Crippen LogP contribution in [0.1, 0.15) is 31.2 Å². The van der Waals surface area contributed by atoms with Gasteiger partial charge in [0, 0.05) is 38.8 Å². The molecule has 2 aliphatic heterocycles. The molecule has 0 aliphatic carbocycles. The number of aryl methyl sites for hydroxylation is 1. The van der Waals surface area contributed by atoms with Crippen molar-refractivity contribution in [2.45, 2.75) is 38.2 Å². The highest BCUT2D eigenvalue weighted by molar-refractivity contribution is 6.01. The van der Waals surface area contributed by atoms with Gasteiger partial charge in [0.2, 0.25) is 11.8 Å². The highest BCUT2D eigenvalue weighted by Crippen LogP contribution is 2.27. The lowest BCUT2D eigenvalue weighted by Crippen LogP contribution is -2.57. The summed E-state index contributed by atoms with van der Waals surface area (Å²) in [5, 5.41) is 6.10. The van der Waals surface area contributed by atoms with Crippen molar-refractivity contribution in [2.24, 2.45) is 0 Å². The number of halogens is 1. The maximum Gasteiger partial charge on any atom is 0.264 e. The predicted octanol–water partition coefficient (Wildman–Crippen LogP) is 1.18. The predicted molar refractivity (Wildman–Crippen MR) is 103 cm³/mol. The fourth-order valence-electron chi connectivity index (χ4n) is 3.35. The lowest BCUT2D eigenvalue weighted by molar-refractivity contribution is -0.141. The summed E-state index contributed by atoms with van der Waals surface area (Å²) in [6.45, 7) is 3.84. The molecule has 1 aromatic rings. The van der Waals surface area contributed by atoms with Crippen molar-refractivity contribution >= 4 is 30.1 Å². The normalized spacial score (nSPS) is 18.8. The van der Waals surface area contributed by atoms with Gasteiger partial charge in [0.1, 0.15) is 5.75 Å². The number of rotatable bonds is 6. The van der Waals surface area contributed by atoms with Crippen LogP contribution >= 0.6 is 12.4 Å². The smallest absolute Gasteiger partial charge is 0.264 e. The molecule has 0 spiro atoms.